The van der Waals surface area contributed by atoms with Crippen LogP contribution in [0, 0.1) is 12.8 Å². The zero-order valence-corrected chi connectivity index (χ0v) is 10.2. The molecular weight excluding hydrogens is 242 g/mol. The second-order valence-electron chi connectivity index (χ2n) is 4.16. The van der Waals surface area contributed by atoms with E-state index >= 15 is 0 Å². The van der Waals surface area contributed by atoms with Gasteiger partial charge in [0.25, 0.3) is 0 Å². The number of anilines is 1. The number of aryl methyl sites for hydroxylation is 1. The smallest absolute Gasteiger partial charge is 0.136 e. The van der Waals surface area contributed by atoms with Crippen molar-refractivity contribution >= 4 is 21.7 Å². The van der Waals surface area contributed by atoms with E-state index in [9.17, 15) is 0 Å². The Morgan fingerprint density at radius 1 is 1.57 bits per heavy atom. The summed E-state index contributed by atoms with van der Waals surface area (Å²) in [6.45, 7) is 4.18. The predicted octanol–water partition coefficient (Wildman–Crippen LogP) is 2.90. The first-order valence-electron chi connectivity index (χ1n) is 5.11. The van der Waals surface area contributed by atoms with E-state index in [0.717, 1.165) is 21.9 Å². The lowest BCUT2D eigenvalue weighted by molar-refractivity contribution is 0.212. The third kappa shape index (κ3) is 1.45. The number of aromatic nitrogens is 2. The van der Waals surface area contributed by atoms with Gasteiger partial charge in [0.15, 0.2) is 0 Å². The fraction of sp³-hybridized carbons (Fsp3) is 0.700. The fourth-order valence-corrected chi connectivity index (χ4v) is 2.24. The monoisotopic (exact) mass is 257 g/mol. The Kier molecular flexibility index (Phi) is 2.56. The minimum atomic E-state index is 0.439. The van der Waals surface area contributed by atoms with E-state index in [-0.39, 0.29) is 0 Å². The van der Waals surface area contributed by atoms with E-state index in [1.54, 1.807) is 0 Å². The zero-order chi connectivity index (χ0) is 10.3. The molecule has 3 nitrogen and oxygen atoms in total. The van der Waals surface area contributed by atoms with Gasteiger partial charge in [-0.15, -0.1) is 0 Å². The van der Waals surface area contributed by atoms with Crippen molar-refractivity contribution in [1.82, 2.24) is 9.78 Å². The second kappa shape index (κ2) is 3.57. The maximum atomic E-state index is 5.97. The van der Waals surface area contributed by atoms with Crippen LogP contribution in [0.2, 0.25) is 0 Å². The van der Waals surface area contributed by atoms with Crippen molar-refractivity contribution < 1.29 is 0 Å². The van der Waals surface area contributed by atoms with Gasteiger partial charge in [0, 0.05) is 0 Å². The molecule has 4 heteroatoms. The van der Waals surface area contributed by atoms with Crippen molar-refractivity contribution in [2.24, 2.45) is 5.92 Å². The fourth-order valence-electron chi connectivity index (χ4n) is 1.98. The predicted molar refractivity (Wildman–Crippen MR) is 61.1 cm³/mol. The van der Waals surface area contributed by atoms with Crippen LogP contribution in [0.5, 0.6) is 0 Å². The molecule has 0 radical (unpaired) electrons. The quantitative estimate of drug-likeness (QED) is 0.886. The van der Waals surface area contributed by atoms with Gasteiger partial charge in [0.2, 0.25) is 0 Å². The highest BCUT2D eigenvalue weighted by atomic mass is 79.9. The molecular formula is C10H16BrN3. The molecule has 0 saturated heterocycles. The van der Waals surface area contributed by atoms with Crippen LogP contribution in [0.25, 0.3) is 0 Å². The minimum Gasteiger partial charge on any atom is -0.383 e. The summed E-state index contributed by atoms with van der Waals surface area (Å²) in [6.07, 6.45) is 3.99. The molecule has 1 atom stereocenters. The lowest BCUT2D eigenvalue weighted by atomic mass is 9.80. The summed E-state index contributed by atoms with van der Waals surface area (Å²) in [4.78, 5) is 0. The third-order valence-electron chi connectivity index (χ3n) is 3.26. The van der Waals surface area contributed by atoms with Gasteiger partial charge in [0.05, 0.1) is 16.2 Å². The second-order valence-corrected chi connectivity index (χ2v) is 4.95. The van der Waals surface area contributed by atoms with E-state index < -0.39 is 0 Å². The van der Waals surface area contributed by atoms with Crippen molar-refractivity contribution in [2.75, 3.05) is 5.73 Å². The molecule has 1 heterocycles. The first-order chi connectivity index (χ1) is 6.61. The van der Waals surface area contributed by atoms with Crippen LogP contribution < -0.4 is 5.73 Å². The molecule has 1 aromatic heterocycles. The van der Waals surface area contributed by atoms with Gasteiger partial charge in [0.1, 0.15) is 5.82 Å². The summed E-state index contributed by atoms with van der Waals surface area (Å²) in [6, 6.07) is 0.439. The van der Waals surface area contributed by atoms with Crippen molar-refractivity contribution in [2.45, 2.75) is 39.2 Å². The van der Waals surface area contributed by atoms with Crippen LogP contribution in [-0.2, 0) is 0 Å². The van der Waals surface area contributed by atoms with E-state index in [0.29, 0.717) is 6.04 Å². The van der Waals surface area contributed by atoms with Gasteiger partial charge >= 0.3 is 0 Å². The van der Waals surface area contributed by atoms with E-state index in [1.807, 2.05) is 11.6 Å². The van der Waals surface area contributed by atoms with Crippen LogP contribution >= 0.6 is 15.9 Å². The standard InChI is InChI=1S/C10H16BrN3/c1-6-9(11)10(12)14(13-6)7(2)8-4-3-5-8/h7-8H,3-5,12H2,1-2H3. The molecule has 0 aliphatic heterocycles. The van der Waals surface area contributed by atoms with Crippen LogP contribution in [0.15, 0.2) is 4.47 Å². The Hall–Kier alpha value is -0.510. The van der Waals surface area contributed by atoms with Gasteiger partial charge in [-0.05, 0) is 48.5 Å². The third-order valence-corrected chi connectivity index (χ3v) is 4.24. The molecule has 0 amide bonds. The average Bonchev–Trinajstić information content (AvgIpc) is 2.30. The number of hydrogen-bond donors (Lipinski definition) is 1. The van der Waals surface area contributed by atoms with E-state index in [2.05, 4.69) is 28.0 Å². The van der Waals surface area contributed by atoms with Gasteiger partial charge < -0.3 is 5.73 Å². The number of halogens is 1. The van der Waals surface area contributed by atoms with Crippen LogP contribution in [0.3, 0.4) is 0 Å². The molecule has 1 aromatic rings. The molecule has 1 unspecified atom stereocenters. The van der Waals surface area contributed by atoms with Gasteiger partial charge in [-0.3, -0.25) is 0 Å². The lowest BCUT2D eigenvalue weighted by Gasteiger charge is -2.31. The maximum absolute atomic E-state index is 5.97. The Morgan fingerprint density at radius 2 is 2.21 bits per heavy atom. The molecule has 1 aliphatic rings. The molecule has 1 saturated carbocycles. The number of hydrogen-bond acceptors (Lipinski definition) is 2. The number of nitrogens with zero attached hydrogens (tertiary/aromatic N) is 2. The van der Waals surface area contributed by atoms with Crippen LogP contribution in [0.4, 0.5) is 5.82 Å². The van der Waals surface area contributed by atoms with Crippen molar-refractivity contribution in [3.63, 3.8) is 0 Å². The topological polar surface area (TPSA) is 43.8 Å². The summed E-state index contributed by atoms with van der Waals surface area (Å²) in [5, 5.41) is 4.46. The van der Waals surface area contributed by atoms with E-state index in [4.69, 9.17) is 5.73 Å². The number of rotatable bonds is 2. The molecule has 0 aromatic carbocycles. The van der Waals surface area contributed by atoms with Gasteiger partial charge in [-0.25, -0.2) is 4.68 Å². The van der Waals surface area contributed by atoms with Crippen LogP contribution in [0.1, 0.15) is 37.9 Å². The largest absolute Gasteiger partial charge is 0.383 e. The molecule has 1 aliphatic carbocycles. The molecule has 78 valence electrons. The van der Waals surface area contributed by atoms with Crippen molar-refractivity contribution in [3.05, 3.63) is 10.2 Å². The highest BCUT2D eigenvalue weighted by molar-refractivity contribution is 9.10. The Bertz CT molecular complexity index is 341. The summed E-state index contributed by atoms with van der Waals surface area (Å²) < 4.78 is 2.91. The number of nitrogen functional groups attached to an aromatic ring is 1. The summed E-state index contributed by atoms with van der Waals surface area (Å²) in [7, 11) is 0. The zero-order valence-electron chi connectivity index (χ0n) is 8.63. The number of nitrogens with two attached hydrogens (primary N) is 1. The van der Waals surface area contributed by atoms with Crippen LogP contribution in [-0.4, -0.2) is 9.78 Å². The minimum absolute atomic E-state index is 0.439. The Labute approximate surface area is 92.8 Å². The molecule has 2 rings (SSSR count). The van der Waals surface area contributed by atoms with Gasteiger partial charge in [-0.1, -0.05) is 6.42 Å². The molecule has 2 N–H and O–H groups in total. The normalized spacial score (nSPS) is 19.4. The molecule has 0 spiro atoms. The first-order valence-corrected chi connectivity index (χ1v) is 5.90. The van der Waals surface area contributed by atoms with Gasteiger partial charge in [-0.2, -0.15) is 5.10 Å². The van der Waals surface area contributed by atoms with Crippen molar-refractivity contribution in [1.29, 1.82) is 0 Å². The molecule has 0 bridgehead atoms. The maximum Gasteiger partial charge on any atom is 0.136 e. The highest BCUT2D eigenvalue weighted by Gasteiger charge is 2.27. The first kappa shape index (κ1) is 10.0. The highest BCUT2D eigenvalue weighted by Crippen LogP contribution is 2.38. The molecule has 1 fully saturated rings. The Balaban J connectivity index is 2.26. The Morgan fingerprint density at radius 3 is 2.57 bits per heavy atom. The summed E-state index contributed by atoms with van der Waals surface area (Å²) in [5.74, 6) is 1.53. The SMILES string of the molecule is Cc1nn(C(C)C2CCC2)c(N)c1Br. The summed E-state index contributed by atoms with van der Waals surface area (Å²) >= 11 is 3.45. The summed E-state index contributed by atoms with van der Waals surface area (Å²) in [5.41, 5.74) is 6.95. The average molecular weight is 258 g/mol. The van der Waals surface area contributed by atoms with Crippen molar-refractivity contribution in [3.8, 4) is 0 Å². The lowest BCUT2D eigenvalue weighted by Crippen LogP contribution is -2.24. The van der Waals surface area contributed by atoms with E-state index in [1.165, 1.54) is 19.3 Å². The molecule has 14 heavy (non-hydrogen) atoms.